The fourth-order valence-electron chi connectivity index (χ4n) is 1.64. The summed E-state index contributed by atoms with van der Waals surface area (Å²) in [5, 5.41) is 6.50. The van der Waals surface area contributed by atoms with Crippen LogP contribution in [0.5, 0.6) is 0 Å². The topological polar surface area (TPSA) is 66.9 Å². The quantitative estimate of drug-likeness (QED) is 0.860. The summed E-state index contributed by atoms with van der Waals surface area (Å²) < 4.78 is 0. The van der Waals surface area contributed by atoms with Crippen LogP contribution in [0.25, 0.3) is 0 Å². The first kappa shape index (κ1) is 16.5. The molecule has 1 amide bonds. The number of amides is 1. The summed E-state index contributed by atoms with van der Waals surface area (Å²) in [5.41, 5.74) is 0.547. The van der Waals surface area contributed by atoms with Gasteiger partial charge in [0.05, 0.1) is 28.1 Å². The van der Waals surface area contributed by atoms with E-state index in [2.05, 4.69) is 34.4 Å². The first-order chi connectivity index (χ1) is 10.5. The highest BCUT2D eigenvalue weighted by Gasteiger charge is 2.13. The van der Waals surface area contributed by atoms with Gasteiger partial charge < -0.3 is 10.6 Å². The highest BCUT2D eigenvalue weighted by Crippen LogP contribution is 2.30. The van der Waals surface area contributed by atoms with Crippen LogP contribution in [0.1, 0.15) is 24.3 Å². The van der Waals surface area contributed by atoms with Gasteiger partial charge in [-0.2, -0.15) is 0 Å². The number of nitrogens with zero attached hydrogens (tertiary/aromatic N) is 2. The van der Waals surface area contributed by atoms with Crippen molar-refractivity contribution in [1.29, 1.82) is 0 Å². The Labute approximate surface area is 139 Å². The third-order valence-corrected chi connectivity index (χ3v) is 3.41. The second-order valence-corrected chi connectivity index (χ2v) is 5.93. The fourth-order valence-corrected chi connectivity index (χ4v) is 2.13. The number of nitrogens with one attached hydrogen (secondary N) is 2. The highest BCUT2D eigenvalue weighted by atomic mass is 35.5. The van der Waals surface area contributed by atoms with Gasteiger partial charge in [0.25, 0.3) is 5.91 Å². The zero-order chi connectivity index (χ0) is 16.1. The van der Waals surface area contributed by atoms with E-state index in [0.717, 1.165) is 6.54 Å². The van der Waals surface area contributed by atoms with Gasteiger partial charge in [-0.3, -0.25) is 4.79 Å². The maximum absolute atomic E-state index is 12.1. The molecule has 2 aromatic rings. The first-order valence-corrected chi connectivity index (χ1v) is 7.54. The van der Waals surface area contributed by atoms with Crippen LogP contribution in [-0.4, -0.2) is 22.4 Å². The van der Waals surface area contributed by atoms with Gasteiger partial charge in [-0.05, 0) is 18.1 Å². The lowest BCUT2D eigenvalue weighted by Gasteiger charge is -2.10. The summed E-state index contributed by atoms with van der Waals surface area (Å²) in [4.78, 5) is 20.4. The van der Waals surface area contributed by atoms with E-state index in [9.17, 15) is 4.79 Å². The Hall–Kier alpha value is -1.85. The van der Waals surface area contributed by atoms with Gasteiger partial charge in [0.2, 0.25) is 0 Å². The molecule has 0 aliphatic heterocycles. The summed E-state index contributed by atoms with van der Waals surface area (Å²) in [6, 6.07) is 5.00. The average molecular weight is 339 g/mol. The van der Waals surface area contributed by atoms with Crippen LogP contribution in [0.4, 0.5) is 11.5 Å². The lowest BCUT2D eigenvalue weighted by atomic mass is 10.2. The van der Waals surface area contributed by atoms with E-state index in [-0.39, 0.29) is 5.69 Å². The van der Waals surface area contributed by atoms with Crippen molar-refractivity contribution in [1.82, 2.24) is 9.97 Å². The van der Waals surface area contributed by atoms with E-state index in [1.165, 1.54) is 12.4 Å². The summed E-state index contributed by atoms with van der Waals surface area (Å²) in [7, 11) is 0. The predicted octanol–water partition coefficient (Wildman–Crippen LogP) is 4.10. The van der Waals surface area contributed by atoms with Gasteiger partial charge in [0, 0.05) is 6.54 Å². The molecule has 0 atom stereocenters. The molecule has 0 aliphatic carbocycles. The maximum Gasteiger partial charge on any atom is 0.275 e. The van der Waals surface area contributed by atoms with Crippen LogP contribution >= 0.6 is 23.2 Å². The van der Waals surface area contributed by atoms with Crippen molar-refractivity contribution in [3.8, 4) is 0 Å². The predicted molar refractivity (Wildman–Crippen MR) is 89.8 cm³/mol. The number of carbonyl (C=O) groups excluding carboxylic acids is 1. The minimum Gasteiger partial charge on any atom is -0.369 e. The van der Waals surface area contributed by atoms with Crippen LogP contribution in [0.3, 0.4) is 0 Å². The molecule has 0 bridgehead atoms. The Balaban J connectivity index is 2.07. The lowest BCUT2D eigenvalue weighted by molar-refractivity contribution is 0.102. The zero-order valence-electron chi connectivity index (χ0n) is 12.2. The number of anilines is 2. The van der Waals surface area contributed by atoms with Crippen molar-refractivity contribution >= 4 is 40.6 Å². The van der Waals surface area contributed by atoms with Gasteiger partial charge in [-0.25, -0.2) is 9.97 Å². The molecule has 0 aliphatic rings. The molecule has 0 fully saturated rings. The molecule has 1 aromatic carbocycles. The van der Waals surface area contributed by atoms with Crippen LogP contribution in [-0.2, 0) is 0 Å². The molecule has 2 N–H and O–H groups in total. The number of halogens is 2. The number of hydrogen-bond donors (Lipinski definition) is 2. The van der Waals surface area contributed by atoms with E-state index in [4.69, 9.17) is 23.2 Å². The van der Waals surface area contributed by atoms with Gasteiger partial charge in [0.15, 0.2) is 0 Å². The summed E-state index contributed by atoms with van der Waals surface area (Å²) in [6.45, 7) is 4.97. The van der Waals surface area contributed by atoms with Crippen LogP contribution in [0, 0.1) is 5.92 Å². The van der Waals surface area contributed by atoms with Crippen molar-refractivity contribution in [3.63, 3.8) is 0 Å². The van der Waals surface area contributed by atoms with Crippen molar-refractivity contribution in [2.24, 2.45) is 5.92 Å². The third-order valence-electron chi connectivity index (χ3n) is 2.78. The monoisotopic (exact) mass is 338 g/mol. The number of benzene rings is 1. The largest absolute Gasteiger partial charge is 0.369 e. The van der Waals surface area contributed by atoms with Crippen LogP contribution in [0.15, 0.2) is 30.6 Å². The fraction of sp³-hybridized carbons (Fsp3) is 0.267. The SMILES string of the molecule is CC(C)CNc1cnc(C(=O)Nc2c(Cl)cccc2Cl)cn1. The molecule has 0 spiro atoms. The standard InChI is InChI=1S/C15H16Cl2N4O/c1-9(2)6-19-13-8-18-12(7-20-13)15(22)21-14-10(16)4-3-5-11(14)17/h3-5,7-9H,6H2,1-2H3,(H,19,20)(H,21,22). The molecule has 7 heteroatoms. The van der Waals surface area contributed by atoms with Crippen molar-refractivity contribution in [2.45, 2.75) is 13.8 Å². The van der Waals surface area contributed by atoms with Gasteiger partial charge in [-0.15, -0.1) is 0 Å². The van der Waals surface area contributed by atoms with E-state index < -0.39 is 5.91 Å². The first-order valence-electron chi connectivity index (χ1n) is 6.78. The van der Waals surface area contributed by atoms with Gasteiger partial charge in [0.1, 0.15) is 11.5 Å². The normalized spacial score (nSPS) is 10.6. The summed E-state index contributed by atoms with van der Waals surface area (Å²) >= 11 is 12.0. The number of rotatable bonds is 5. The Bertz CT molecular complexity index is 639. The van der Waals surface area contributed by atoms with Crippen LogP contribution in [0.2, 0.25) is 10.0 Å². The molecule has 0 radical (unpaired) electrons. The third kappa shape index (κ3) is 4.32. The maximum atomic E-state index is 12.1. The molecular formula is C15H16Cl2N4O. The molecule has 0 saturated heterocycles. The van der Waals surface area contributed by atoms with Gasteiger partial charge >= 0.3 is 0 Å². The lowest BCUT2D eigenvalue weighted by Crippen LogP contribution is -2.15. The average Bonchev–Trinajstić information content (AvgIpc) is 2.49. The molecule has 2 rings (SSSR count). The Morgan fingerprint density at radius 2 is 1.86 bits per heavy atom. The molecule has 5 nitrogen and oxygen atoms in total. The second kappa shape index (κ2) is 7.42. The Kier molecular flexibility index (Phi) is 5.57. The molecule has 1 heterocycles. The van der Waals surface area contributed by atoms with Gasteiger partial charge in [-0.1, -0.05) is 43.1 Å². The van der Waals surface area contributed by atoms with E-state index in [0.29, 0.717) is 27.5 Å². The smallest absolute Gasteiger partial charge is 0.275 e. The summed E-state index contributed by atoms with van der Waals surface area (Å²) in [5.74, 6) is 0.700. The zero-order valence-corrected chi connectivity index (χ0v) is 13.7. The van der Waals surface area contributed by atoms with Crippen molar-refractivity contribution in [2.75, 3.05) is 17.2 Å². The number of carbonyl (C=O) groups is 1. The number of hydrogen-bond acceptors (Lipinski definition) is 4. The highest BCUT2D eigenvalue weighted by molar-refractivity contribution is 6.39. The minimum absolute atomic E-state index is 0.186. The molecule has 1 aromatic heterocycles. The van der Waals surface area contributed by atoms with E-state index in [1.807, 2.05) is 0 Å². The van der Waals surface area contributed by atoms with Crippen molar-refractivity contribution < 1.29 is 4.79 Å². The molecule has 0 saturated carbocycles. The Morgan fingerprint density at radius 1 is 1.18 bits per heavy atom. The van der Waals surface area contributed by atoms with E-state index >= 15 is 0 Å². The molecular weight excluding hydrogens is 323 g/mol. The van der Waals surface area contributed by atoms with E-state index in [1.54, 1.807) is 18.2 Å². The second-order valence-electron chi connectivity index (χ2n) is 5.11. The number of aromatic nitrogens is 2. The summed E-state index contributed by atoms with van der Waals surface area (Å²) in [6.07, 6.45) is 2.92. The molecule has 0 unspecified atom stereocenters. The number of para-hydroxylation sites is 1. The van der Waals surface area contributed by atoms with Crippen LogP contribution < -0.4 is 10.6 Å². The minimum atomic E-state index is -0.419. The van der Waals surface area contributed by atoms with Crippen molar-refractivity contribution in [3.05, 3.63) is 46.3 Å². The Morgan fingerprint density at radius 3 is 2.41 bits per heavy atom. The molecule has 116 valence electrons. The molecule has 22 heavy (non-hydrogen) atoms.